The van der Waals surface area contributed by atoms with Gasteiger partial charge in [-0.1, -0.05) is 0 Å². The van der Waals surface area contributed by atoms with Crippen LogP contribution in [0.5, 0.6) is 0 Å². The van der Waals surface area contributed by atoms with Crippen LogP contribution in [0.25, 0.3) is 0 Å². The summed E-state index contributed by atoms with van der Waals surface area (Å²) in [6, 6.07) is 2.89. The van der Waals surface area contributed by atoms with E-state index in [9.17, 15) is 10.1 Å². The zero-order valence-electron chi connectivity index (χ0n) is 12.7. The summed E-state index contributed by atoms with van der Waals surface area (Å²) in [7, 11) is 3.22. The Balaban J connectivity index is 3.05. The third kappa shape index (κ3) is 5.52. The topological polar surface area (TPSA) is 89.8 Å². The zero-order valence-corrected chi connectivity index (χ0v) is 12.7. The fourth-order valence-corrected chi connectivity index (χ4v) is 1.78. The lowest BCUT2D eigenvalue weighted by Gasteiger charge is -2.23. The Kier molecular flexibility index (Phi) is 7.41. The van der Waals surface area contributed by atoms with Crippen molar-refractivity contribution in [2.45, 2.75) is 6.92 Å². The van der Waals surface area contributed by atoms with E-state index in [4.69, 9.17) is 9.47 Å². The first-order chi connectivity index (χ1) is 10.1. The number of nitrogens with zero attached hydrogens (tertiary/aromatic N) is 3. The lowest BCUT2D eigenvalue weighted by atomic mass is 10.3. The summed E-state index contributed by atoms with van der Waals surface area (Å²) in [4.78, 5) is 16.9. The first-order valence-electron chi connectivity index (χ1n) is 6.75. The van der Waals surface area contributed by atoms with Gasteiger partial charge < -0.3 is 19.7 Å². The highest BCUT2D eigenvalue weighted by atomic mass is 16.6. The largest absolute Gasteiger partial charge is 0.383 e. The van der Waals surface area contributed by atoms with E-state index in [1.165, 1.54) is 12.1 Å². The Hall–Kier alpha value is -1.93. The van der Waals surface area contributed by atoms with E-state index in [0.29, 0.717) is 44.5 Å². The molecule has 0 aromatic carbocycles. The summed E-state index contributed by atoms with van der Waals surface area (Å²) in [5.41, 5.74) is 0.00998. The molecular formula is C13H22N4O4. The maximum absolute atomic E-state index is 11.0. The molecule has 0 saturated carbocycles. The summed E-state index contributed by atoms with van der Waals surface area (Å²) in [5, 5.41) is 14.0. The summed E-state index contributed by atoms with van der Waals surface area (Å²) < 4.78 is 10.1. The Morgan fingerprint density at radius 3 is 2.38 bits per heavy atom. The Morgan fingerprint density at radius 2 is 1.90 bits per heavy atom. The second-order valence-corrected chi connectivity index (χ2v) is 4.33. The van der Waals surface area contributed by atoms with Crippen LogP contribution in [-0.4, -0.2) is 57.0 Å². The van der Waals surface area contributed by atoms with Gasteiger partial charge in [-0.15, -0.1) is 0 Å². The van der Waals surface area contributed by atoms with E-state index in [1.807, 2.05) is 11.8 Å². The molecule has 8 heteroatoms. The maximum atomic E-state index is 11.0. The first kappa shape index (κ1) is 17.1. The van der Waals surface area contributed by atoms with E-state index in [0.717, 1.165) is 0 Å². The van der Waals surface area contributed by atoms with Crippen molar-refractivity contribution in [3.05, 3.63) is 22.2 Å². The van der Waals surface area contributed by atoms with Gasteiger partial charge in [-0.05, 0) is 6.92 Å². The molecule has 8 nitrogen and oxygen atoms in total. The van der Waals surface area contributed by atoms with Gasteiger partial charge in [0.25, 0.3) is 5.69 Å². The minimum absolute atomic E-state index is 0.00998. The summed E-state index contributed by atoms with van der Waals surface area (Å²) in [6.45, 7) is 4.73. The highest BCUT2D eigenvalue weighted by Gasteiger charge is 2.15. The van der Waals surface area contributed by atoms with Gasteiger partial charge in [0, 0.05) is 33.9 Å². The number of nitrogens with one attached hydrogen (secondary N) is 1. The van der Waals surface area contributed by atoms with E-state index < -0.39 is 4.92 Å². The van der Waals surface area contributed by atoms with E-state index in [2.05, 4.69) is 10.3 Å². The van der Waals surface area contributed by atoms with Crippen LogP contribution in [0.1, 0.15) is 6.92 Å². The number of rotatable bonds is 10. The molecule has 118 valence electrons. The molecule has 21 heavy (non-hydrogen) atoms. The van der Waals surface area contributed by atoms with Crippen molar-refractivity contribution in [1.29, 1.82) is 0 Å². The molecule has 1 N–H and O–H groups in total. The van der Waals surface area contributed by atoms with Gasteiger partial charge >= 0.3 is 0 Å². The molecule has 0 fully saturated rings. The molecule has 0 atom stereocenters. The smallest absolute Gasteiger partial charge is 0.276 e. The monoisotopic (exact) mass is 298 g/mol. The molecule has 0 amide bonds. The normalized spacial score (nSPS) is 10.4. The minimum atomic E-state index is -0.420. The standard InChI is InChI=1S/C13H22N4O4/c1-4-14-12-9-11(17(18)19)10-13(15-12)16(5-7-20-2)6-8-21-3/h9-10H,4-8H2,1-3H3,(H,14,15). The molecule has 0 aliphatic carbocycles. The van der Waals surface area contributed by atoms with Crippen LogP contribution in [0.2, 0.25) is 0 Å². The summed E-state index contributed by atoms with van der Waals surface area (Å²) in [6.07, 6.45) is 0. The highest BCUT2D eigenvalue weighted by Crippen LogP contribution is 2.23. The number of pyridine rings is 1. The van der Waals surface area contributed by atoms with Crippen molar-refractivity contribution < 1.29 is 14.4 Å². The zero-order chi connectivity index (χ0) is 15.7. The number of methoxy groups -OCH3 is 2. The minimum Gasteiger partial charge on any atom is -0.383 e. The van der Waals surface area contributed by atoms with Gasteiger partial charge in [-0.3, -0.25) is 10.1 Å². The van der Waals surface area contributed by atoms with Crippen molar-refractivity contribution in [1.82, 2.24) is 4.98 Å². The second-order valence-electron chi connectivity index (χ2n) is 4.33. The average Bonchev–Trinajstić information content (AvgIpc) is 2.47. The molecule has 0 spiro atoms. The van der Waals surface area contributed by atoms with Gasteiger partial charge in [0.1, 0.15) is 11.6 Å². The second kappa shape index (κ2) is 9.09. The number of ether oxygens (including phenoxy) is 2. The summed E-state index contributed by atoms with van der Waals surface area (Å²) in [5.74, 6) is 1.02. The molecule has 0 aliphatic rings. The molecule has 0 radical (unpaired) electrons. The summed E-state index contributed by atoms with van der Waals surface area (Å²) >= 11 is 0. The number of nitro groups is 1. The molecule has 0 unspecified atom stereocenters. The molecular weight excluding hydrogens is 276 g/mol. The van der Waals surface area contributed by atoms with Crippen LogP contribution in [-0.2, 0) is 9.47 Å². The SMILES string of the molecule is CCNc1cc([N+](=O)[O-])cc(N(CCOC)CCOC)n1. The van der Waals surface area contributed by atoms with Crippen LogP contribution >= 0.6 is 0 Å². The van der Waals surface area contributed by atoms with Crippen molar-refractivity contribution >= 4 is 17.3 Å². The van der Waals surface area contributed by atoms with Crippen LogP contribution in [0, 0.1) is 10.1 Å². The highest BCUT2D eigenvalue weighted by molar-refractivity contribution is 5.56. The fourth-order valence-electron chi connectivity index (χ4n) is 1.78. The number of aromatic nitrogens is 1. The third-order valence-electron chi connectivity index (χ3n) is 2.82. The Morgan fingerprint density at radius 1 is 1.29 bits per heavy atom. The first-order valence-corrected chi connectivity index (χ1v) is 6.75. The van der Waals surface area contributed by atoms with Crippen LogP contribution < -0.4 is 10.2 Å². The molecule has 1 heterocycles. The van der Waals surface area contributed by atoms with Gasteiger partial charge in [0.05, 0.1) is 30.3 Å². The molecule has 1 rings (SSSR count). The van der Waals surface area contributed by atoms with Gasteiger partial charge in [0.2, 0.25) is 0 Å². The third-order valence-corrected chi connectivity index (χ3v) is 2.82. The lowest BCUT2D eigenvalue weighted by molar-refractivity contribution is -0.384. The molecule has 1 aromatic heterocycles. The maximum Gasteiger partial charge on any atom is 0.276 e. The number of anilines is 2. The Labute approximate surface area is 124 Å². The van der Waals surface area contributed by atoms with E-state index in [-0.39, 0.29) is 5.69 Å². The Bertz CT molecular complexity index is 448. The molecule has 0 aliphatic heterocycles. The van der Waals surface area contributed by atoms with Crippen molar-refractivity contribution in [3.8, 4) is 0 Å². The lowest BCUT2D eigenvalue weighted by Crippen LogP contribution is -2.31. The predicted octanol–water partition coefficient (Wildman–Crippen LogP) is 1.52. The average molecular weight is 298 g/mol. The van der Waals surface area contributed by atoms with Gasteiger partial charge in [0.15, 0.2) is 0 Å². The predicted molar refractivity (Wildman–Crippen MR) is 81.0 cm³/mol. The van der Waals surface area contributed by atoms with Crippen LogP contribution in [0.3, 0.4) is 0 Å². The number of hydrogen-bond acceptors (Lipinski definition) is 7. The van der Waals surface area contributed by atoms with Crippen LogP contribution in [0.15, 0.2) is 12.1 Å². The van der Waals surface area contributed by atoms with E-state index in [1.54, 1.807) is 14.2 Å². The van der Waals surface area contributed by atoms with Gasteiger partial charge in [-0.25, -0.2) is 4.98 Å². The molecule has 0 bridgehead atoms. The quantitative estimate of drug-likeness (QED) is 0.517. The van der Waals surface area contributed by atoms with Crippen molar-refractivity contribution in [2.75, 3.05) is 57.3 Å². The van der Waals surface area contributed by atoms with Crippen molar-refractivity contribution in [2.24, 2.45) is 0 Å². The van der Waals surface area contributed by atoms with Crippen molar-refractivity contribution in [3.63, 3.8) is 0 Å². The fraction of sp³-hybridized carbons (Fsp3) is 0.615. The van der Waals surface area contributed by atoms with E-state index >= 15 is 0 Å². The molecule has 1 aromatic rings. The van der Waals surface area contributed by atoms with Gasteiger partial charge in [-0.2, -0.15) is 0 Å². The van der Waals surface area contributed by atoms with Crippen LogP contribution in [0.4, 0.5) is 17.3 Å². The molecule has 0 saturated heterocycles. The number of hydrogen-bond donors (Lipinski definition) is 1.